The molecule has 2 rings (SSSR count). The van der Waals surface area contributed by atoms with Gasteiger partial charge in [0.25, 0.3) is 5.91 Å². The summed E-state index contributed by atoms with van der Waals surface area (Å²) in [4.78, 5) is 16.1. The lowest BCUT2D eigenvalue weighted by Gasteiger charge is -2.36. The summed E-state index contributed by atoms with van der Waals surface area (Å²) in [5.41, 5.74) is 8.25. The second-order valence-electron chi connectivity index (χ2n) is 4.91. The number of nitrogens with zero attached hydrogens (tertiary/aromatic N) is 2. The maximum absolute atomic E-state index is 11.7. The molecular formula is C14H22N4O2. The average molecular weight is 278 g/mol. The van der Waals surface area contributed by atoms with Gasteiger partial charge in [-0.25, -0.2) is 0 Å². The van der Waals surface area contributed by atoms with Crippen LogP contribution in [0.1, 0.15) is 10.4 Å². The van der Waals surface area contributed by atoms with Gasteiger partial charge in [-0.1, -0.05) is 0 Å². The lowest BCUT2D eigenvalue weighted by atomic mass is 10.1. The maximum Gasteiger partial charge on any atom is 0.251 e. The van der Waals surface area contributed by atoms with Crippen molar-refractivity contribution in [1.82, 2.24) is 10.2 Å². The molecule has 1 aliphatic rings. The summed E-state index contributed by atoms with van der Waals surface area (Å²) in [6.07, 6.45) is 0. The highest BCUT2D eigenvalue weighted by atomic mass is 16.3. The number of piperazine rings is 1. The van der Waals surface area contributed by atoms with Crippen LogP contribution in [0.3, 0.4) is 0 Å². The van der Waals surface area contributed by atoms with Crippen LogP contribution in [0, 0.1) is 0 Å². The summed E-state index contributed by atoms with van der Waals surface area (Å²) in [7, 11) is 1.62. The zero-order valence-electron chi connectivity index (χ0n) is 11.8. The van der Waals surface area contributed by atoms with Crippen molar-refractivity contribution in [2.45, 2.75) is 0 Å². The van der Waals surface area contributed by atoms with Crippen LogP contribution in [0.2, 0.25) is 0 Å². The van der Waals surface area contributed by atoms with E-state index in [1.54, 1.807) is 19.2 Å². The minimum absolute atomic E-state index is 0.106. The molecule has 0 bridgehead atoms. The Bertz CT molecular complexity index is 470. The van der Waals surface area contributed by atoms with Crippen LogP contribution in [-0.2, 0) is 0 Å². The molecule has 0 saturated carbocycles. The molecule has 1 aromatic rings. The van der Waals surface area contributed by atoms with E-state index in [4.69, 9.17) is 10.8 Å². The minimum atomic E-state index is -0.106. The second kappa shape index (κ2) is 6.58. The first-order chi connectivity index (χ1) is 9.65. The number of amides is 1. The van der Waals surface area contributed by atoms with Crippen molar-refractivity contribution in [2.75, 3.05) is 57.0 Å². The second-order valence-corrected chi connectivity index (χ2v) is 4.91. The Morgan fingerprint density at radius 3 is 2.65 bits per heavy atom. The Kier molecular flexibility index (Phi) is 4.81. The van der Waals surface area contributed by atoms with Crippen LogP contribution < -0.4 is 16.0 Å². The number of aliphatic hydroxyl groups is 1. The number of nitrogens with two attached hydrogens (primary N) is 1. The Morgan fingerprint density at radius 2 is 2.05 bits per heavy atom. The number of rotatable bonds is 4. The Morgan fingerprint density at radius 1 is 1.35 bits per heavy atom. The van der Waals surface area contributed by atoms with Gasteiger partial charge in [0.05, 0.1) is 18.0 Å². The van der Waals surface area contributed by atoms with Crippen LogP contribution in [0.4, 0.5) is 11.4 Å². The monoisotopic (exact) mass is 278 g/mol. The van der Waals surface area contributed by atoms with Crippen LogP contribution >= 0.6 is 0 Å². The third-order valence-electron chi connectivity index (χ3n) is 3.65. The molecule has 1 heterocycles. The zero-order valence-corrected chi connectivity index (χ0v) is 11.8. The van der Waals surface area contributed by atoms with E-state index >= 15 is 0 Å². The average Bonchev–Trinajstić information content (AvgIpc) is 2.48. The SMILES string of the molecule is CNC(=O)c1ccc(N)c(N2CCN(CCO)CC2)c1. The van der Waals surface area contributed by atoms with Gasteiger partial charge in [0.1, 0.15) is 0 Å². The zero-order chi connectivity index (χ0) is 14.5. The molecule has 0 aromatic heterocycles. The summed E-state index contributed by atoms with van der Waals surface area (Å²) in [5, 5.41) is 11.6. The number of nitrogens with one attached hydrogen (secondary N) is 1. The van der Waals surface area contributed by atoms with Crippen molar-refractivity contribution in [3.63, 3.8) is 0 Å². The molecule has 0 radical (unpaired) electrons. The highest BCUT2D eigenvalue weighted by molar-refractivity contribution is 5.96. The fraction of sp³-hybridized carbons (Fsp3) is 0.500. The first-order valence-electron chi connectivity index (χ1n) is 6.85. The quantitative estimate of drug-likeness (QED) is 0.661. The van der Waals surface area contributed by atoms with Gasteiger partial charge in [0.15, 0.2) is 0 Å². The van der Waals surface area contributed by atoms with Crippen molar-refractivity contribution in [3.05, 3.63) is 23.8 Å². The van der Waals surface area contributed by atoms with Crippen LogP contribution in [0.15, 0.2) is 18.2 Å². The number of aliphatic hydroxyl groups excluding tert-OH is 1. The number of hydrogen-bond acceptors (Lipinski definition) is 5. The molecule has 1 aromatic carbocycles. The first-order valence-corrected chi connectivity index (χ1v) is 6.85. The lowest BCUT2D eigenvalue weighted by Crippen LogP contribution is -2.47. The van der Waals surface area contributed by atoms with Crippen molar-refractivity contribution in [1.29, 1.82) is 0 Å². The third-order valence-corrected chi connectivity index (χ3v) is 3.65. The van der Waals surface area contributed by atoms with Crippen molar-refractivity contribution >= 4 is 17.3 Å². The highest BCUT2D eigenvalue weighted by Crippen LogP contribution is 2.25. The van der Waals surface area contributed by atoms with Crippen molar-refractivity contribution in [3.8, 4) is 0 Å². The van der Waals surface area contributed by atoms with Crippen molar-refractivity contribution in [2.24, 2.45) is 0 Å². The number of carbonyl (C=O) groups is 1. The number of anilines is 2. The molecule has 1 amide bonds. The molecular weight excluding hydrogens is 256 g/mol. The fourth-order valence-electron chi connectivity index (χ4n) is 2.46. The predicted molar refractivity (Wildman–Crippen MR) is 80.0 cm³/mol. The number of β-amino-alcohol motifs (C(OH)–C–C–N with tert-alkyl or cyclic N) is 1. The standard InChI is InChI=1S/C14H22N4O2/c1-16-14(20)11-2-3-12(15)13(10-11)18-6-4-17(5-7-18)8-9-19/h2-3,10,19H,4-9,15H2,1H3,(H,16,20). The molecule has 1 aliphatic heterocycles. The largest absolute Gasteiger partial charge is 0.397 e. The van der Waals surface area contributed by atoms with E-state index in [1.807, 2.05) is 6.07 Å². The molecule has 0 atom stereocenters. The van der Waals surface area contributed by atoms with Gasteiger partial charge < -0.3 is 21.1 Å². The lowest BCUT2D eigenvalue weighted by molar-refractivity contribution is 0.0963. The normalized spacial score (nSPS) is 16.2. The van der Waals surface area contributed by atoms with E-state index < -0.39 is 0 Å². The molecule has 0 unspecified atom stereocenters. The van der Waals surface area contributed by atoms with E-state index in [9.17, 15) is 4.79 Å². The highest BCUT2D eigenvalue weighted by Gasteiger charge is 2.19. The van der Waals surface area contributed by atoms with Gasteiger partial charge >= 0.3 is 0 Å². The van der Waals surface area contributed by atoms with Crippen LogP contribution in [0.5, 0.6) is 0 Å². The Labute approximate surface area is 119 Å². The Hall–Kier alpha value is -1.79. The van der Waals surface area contributed by atoms with Gasteiger partial charge in [0, 0.05) is 45.3 Å². The smallest absolute Gasteiger partial charge is 0.251 e. The summed E-state index contributed by atoms with van der Waals surface area (Å²) >= 11 is 0. The van der Waals surface area contributed by atoms with Gasteiger partial charge in [-0.2, -0.15) is 0 Å². The van der Waals surface area contributed by atoms with E-state index in [0.29, 0.717) is 17.8 Å². The van der Waals surface area contributed by atoms with Crippen molar-refractivity contribution < 1.29 is 9.90 Å². The van der Waals surface area contributed by atoms with Crippen LogP contribution in [0.25, 0.3) is 0 Å². The molecule has 0 spiro atoms. The van der Waals surface area contributed by atoms with Crippen LogP contribution in [-0.4, -0.2) is 62.3 Å². The van der Waals surface area contributed by atoms with E-state index in [2.05, 4.69) is 15.1 Å². The summed E-state index contributed by atoms with van der Waals surface area (Å²) < 4.78 is 0. The molecule has 20 heavy (non-hydrogen) atoms. The van der Waals surface area contributed by atoms with Gasteiger partial charge in [0.2, 0.25) is 0 Å². The fourth-order valence-corrected chi connectivity index (χ4v) is 2.46. The molecule has 6 heteroatoms. The van der Waals surface area contributed by atoms with E-state index in [0.717, 1.165) is 31.9 Å². The van der Waals surface area contributed by atoms with Gasteiger partial charge in [-0.15, -0.1) is 0 Å². The van der Waals surface area contributed by atoms with Gasteiger partial charge in [-0.3, -0.25) is 9.69 Å². The minimum Gasteiger partial charge on any atom is -0.397 e. The number of nitrogen functional groups attached to an aromatic ring is 1. The van der Waals surface area contributed by atoms with E-state index in [-0.39, 0.29) is 12.5 Å². The topological polar surface area (TPSA) is 81.8 Å². The first kappa shape index (κ1) is 14.6. The summed E-state index contributed by atoms with van der Waals surface area (Å²) in [6, 6.07) is 5.36. The molecule has 4 N–H and O–H groups in total. The summed E-state index contributed by atoms with van der Waals surface area (Å²) in [6.45, 7) is 4.38. The maximum atomic E-state index is 11.7. The number of benzene rings is 1. The Balaban J connectivity index is 2.11. The molecule has 6 nitrogen and oxygen atoms in total. The van der Waals surface area contributed by atoms with Gasteiger partial charge in [-0.05, 0) is 18.2 Å². The molecule has 1 saturated heterocycles. The number of carbonyl (C=O) groups excluding carboxylic acids is 1. The molecule has 1 fully saturated rings. The number of hydrogen-bond donors (Lipinski definition) is 3. The van der Waals surface area contributed by atoms with E-state index in [1.165, 1.54) is 0 Å². The predicted octanol–water partition coefficient (Wildman–Crippen LogP) is -0.257. The molecule has 0 aliphatic carbocycles. The summed E-state index contributed by atoms with van der Waals surface area (Å²) in [5.74, 6) is -0.106. The molecule has 110 valence electrons. The third kappa shape index (κ3) is 3.20.